The van der Waals surface area contributed by atoms with E-state index < -0.39 is 23.7 Å². The molecule has 0 spiro atoms. The van der Waals surface area contributed by atoms with Crippen LogP contribution >= 0.6 is 0 Å². The molecule has 0 aliphatic carbocycles. The van der Waals surface area contributed by atoms with Gasteiger partial charge in [0, 0.05) is 0 Å². The van der Waals surface area contributed by atoms with E-state index in [4.69, 9.17) is 4.74 Å². The Kier molecular flexibility index (Phi) is 5.24. The van der Waals surface area contributed by atoms with Gasteiger partial charge in [0.2, 0.25) is 0 Å². The van der Waals surface area contributed by atoms with Crippen molar-refractivity contribution in [3.05, 3.63) is 60.2 Å². The van der Waals surface area contributed by atoms with E-state index >= 15 is 0 Å². The minimum absolute atomic E-state index is 0.480. The molecule has 0 heterocycles. The number of carbonyl (C=O) groups excluding carboxylic acids is 1. The molecule has 5 heteroatoms. The van der Waals surface area contributed by atoms with E-state index in [2.05, 4.69) is 5.32 Å². The maximum absolute atomic E-state index is 11.8. The van der Waals surface area contributed by atoms with E-state index in [0.717, 1.165) is 11.1 Å². The number of amides is 1. The lowest BCUT2D eigenvalue weighted by atomic mass is 10.0. The van der Waals surface area contributed by atoms with Crippen LogP contribution in [0.25, 0.3) is 11.1 Å². The standard InChI is InChI=1S/C19H21NO4/c1-19(2,3)24-18(23)20-16(17(21)22)15-11-9-14(10-12-15)13-7-5-4-6-8-13/h4-12,16H,1-3H3,(H,20,23)(H,21,22). The molecule has 0 fully saturated rings. The van der Waals surface area contributed by atoms with Crippen molar-refractivity contribution < 1.29 is 19.4 Å². The molecule has 0 radical (unpaired) electrons. The minimum atomic E-state index is -1.16. The molecule has 0 aliphatic rings. The van der Waals surface area contributed by atoms with Gasteiger partial charge in [-0.3, -0.25) is 0 Å². The molecule has 2 aromatic rings. The largest absolute Gasteiger partial charge is 0.479 e. The lowest BCUT2D eigenvalue weighted by Crippen LogP contribution is -2.38. The van der Waals surface area contributed by atoms with E-state index in [1.165, 1.54) is 0 Å². The first-order chi connectivity index (χ1) is 11.3. The molecule has 1 unspecified atom stereocenters. The highest BCUT2D eigenvalue weighted by molar-refractivity contribution is 5.81. The van der Waals surface area contributed by atoms with Gasteiger partial charge in [-0.1, -0.05) is 54.6 Å². The molecule has 0 aliphatic heterocycles. The fourth-order valence-corrected chi connectivity index (χ4v) is 2.21. The number of alkyl carbamates (subject to hydrolysis) is 1. The van der Waals surface area contributed by atoms with Gasteiger partial charge in [0.05, 0.1) is 0 Å². The maximum atomic E-state index is 11.8. The highest BCUT2D eigenvalue weighted by Gasteiger charge is 2.25. The molecular weight excluding hydrogens is 306 g/mol. The van der Waals surface area contributed by atoms with Gasteiger partial charge in [-0.25, -0.2) is 9.59 Å². The fraction of sp³-hybridized carbons (Fsp3) is 0.263. The fourth-order valence-electron chi connectivity index (χ4n) is 2.21. The van der Waals surface area contributed by atoms with Crippen molar-refractivity contribution in [2.75, 3.05) is 0 Å². The number of aliphatic carboxylic acids is 1. The Balaban J connectivity index is 2.17. The van der Waals surface area contributed by atoms with Gasteiger partial charge in [0.1, 0.15) is 5.60 Å². The average molecular weight is 327 g/mol. The Morgan fingerprint density at radius 3 is 2.00 bits per heavy atom. The van der Waals surface area contributed by atoms with E-state index in [-0.39, 0.29) is 0 Å². The van der Waals surface area contributed by atoms with Crippen molar-refractivity contribution in [2.24, 2.45) is 0 Å². The molecule has 0 saturated heterocycles. The molecule has 0 bridgehead atoms. The average Bonchev–Trinajstić information content (AvgIpc) is 2.52. The lowest BCUT2D eigenvalue weighted by Gasteiger charge is -2.22. The normalized spacial score (nSPS) is 12.3. The summed E-state index contributed by atoms with van der Waals surface area (Å²) in [5.41, 5.74) is 1.80. The second-order valence-corrected chi connectivity index (χ2v) is 6.41. The van der Waals surface area contributed by atoms with Gasteiger partial charge in [-0.2, -0.15) is 0 Å². The Bertz CT molecular complexity index is 702. The van der Waals surface area contributed by atoms with Crippen molar-refractivity contribution in [3.8, 4) is 11.1 Å². The second kappa shape index (κ2) is 7.17. The van der Waals surface area contributed by atoms with Crippen molar-refractivity contribution >= 4 is 12.1 Å². The quantitative estimate of drug-likeness (QED) is 0.890. The topological polar surface area (TPSA) is 75.6 Å². The first-order valence-electron chi connectivity index (χ1n) is 7.64. The minimum Gasteiger partial charge on any atom is -0.479 e. The van der Waals surface area contributed by atoms with Crippen LogP contribution in [0.4, 0.5) is 4.79 Å². The van der Waals surface area contributed by atoms with Gasteiger partial charge >= 0.3 is 12.1 Å². The van der Waals surface area contributed by atoms with E-state index in [9.17, 15) is 14.7 Å². The highest BCUT2D eigenvalue weighted by atomic mass is 16.6. The van der Waals surface area contributed by atoms with E-state index in [0.29, 0.717) is 5.56 Å². The number of ether oxygens (including phenoxy) is 1. The number of rotatable bonds is 4. The van der Waals surface area contributed by atoms with Gasteiger partial charge in [0.25, 0.3) is 0 Å². The number of carbonyl (C=O) groups is 2. The monoisotopic (exact) mass is 327 g/mol. The van der Waals surface area contributed by atoms with E-state index in [1.807, 2.05) is 42.5 Å². The molecule has 1 atom stereocenters. The number of benzene rings is 2. The molecule has 2 rings (SSSR count). The van der Waals surface area contributed by atoms with Crippen LogP contribution in [0.2, 0.25) is 0 Å². The smallest absolute Gasteiger partial charge is 0.408 e. The number of hydrogen-bond acceptors (Lipinski definition) is 3. The van der Waals surface area contributed by atoms with Crippen LogP contribution in [0.5, 0.6) is 0 Å². The zero-order chi connectivity index (χ0) is 17.7. The van der Waals surface area contributed by atoms with Crippen LogP contribution < -0.4 is 5.32 Å². The molecule has 2 aromatic carbocycles. The molecule has 1 amide bonds. The predicted molar refractivity (Wildman–Crippen MR) is 91.6 cm³/mol. The highest BCUT2D eigenvalue weighted by Crippen LogP contribution is 2.22. The summed E-state index contributed by atoms with van der Waals surface area (Å²) in [4.78, 5) is 23.3. The molecule has 2 N–H and O–H groups in total. The maximum Gasteiger partial charge on any atom is 0.408 e. The summed E-state index contributed by atoms with van der Waals surface area (Å²) in [6.45, 7) is 5.16. The summed E-state index contributed by atoms with van der Waals surface area (Å²) in [5, 5.41) is 11.8. The second-order valence-electron chi connectivity index (χ2n) is 6.41. The third-order valence-corrected chi connectivity index (χ3v) is 3.26. The molecular formula is C19H21NO4. The Morgan fingerprint density at radius 2 is 1.50 bits per heavy atom. The molecule has 126 valence electrons. The third-order valence-electron chi connectivity index (χ3n) is 3.26. The number of carboxylic acids is 1. The Hall–Kier alpha value is -2.82. The van der Waals surface area contributed by atoms with Crippen LogP contribution in [0.15, 0.2) is 54.6 Å². The molecule has 0 aromatic heterocycles. The van der Waals surface area contributed by atoms with Crippen molar-refractivity contribution in [1.29, 1.82) is 0 Å². The number of carboxylic acid groups (broad SMARTS) is 1. The summed E-state index contributed by atoms with van der Waals surface area (Å²) in [6, 6.07) is 15.6. The summed E-state index contributed by atoms with van der Waals surface area (Å²) in [7, 11) is 0. The molecule has 0 saturated carbocycles. The van der Waals surface area contributed by atoms with Gasteiger partial charge in [0.15, 0.2) is 6.04 Å². The predicted octanol–water partition coefficient (Wildman–Crippen LogP) is 4.00. The van der Waals surface area contributed by atoms with Crippen LogP contribution in [-0.4, -0.2) is 22.8 Å². The number of hydrogen-bond donors (Lipinski definition) is 2. The summed E-state index contributed by atoms with van der Waals surface area (Å²) in [5.74, 6) is -1.15. The summed E-state index contributed by atoms with van der Waals surface area (Å²) >= 11 is 0. The number of nitrogens with one attached hydrogen (secondary N) is 1. The lowest BCUT2D eigenvalue weighted by molar-refractivity contribution is -0.139. The van der Waals surface area contributed by atoms with Crippen LogP contribution in [0.1, 0.15) is 32.4 Å². The van der Waals surface area contributed by atoms with E-state index in [1.54, 1.807) is 32.9 Å². The van der Waals surface area contributed by atoms with Crippen LogP contribution in [0.3, 0.4) is 0 Å². The van der Waals surface area contributed by atoms with Crippen molar-refractivity contribution in [3.63, 3.8) is 0 Å². The van der Waals surface area contributed by atoms with Crippen molar-refractivity contribution in [1.82, 2.24) is 5.32 Å². The Morgan fingerprint density at radius 1 is 0.958 bits per heavy atom. The summed E-state index contributed by atoms with van der Waals surface area (Å²) < 4.78 is 5.12. The van der Waals surface area contributed by atoms with Gasteiger partial charge in [-0.15, -0.1) is 0 Å². The van der Waals surface area contributed by atoms with Crippen LogP contribution in [0, 0.1) is 0 Å². The van der Waals surface area contributed by atoms with Crippen LogP contribution in [-0.2, 0) is 9.53 Å². The SMILES string of the molecule is CC(C)(C)OC(=O)NC(C(=O)O)c1ccc(-c2ccccc2)cc1. The first kappa shape index (κ1) is 17.5. The first-order valence-corrected chi connectivity index (χ1v) is 7.64. The summed E-state index contributed by atoms with van der Waals surface area (Å²) in [6.07, 6.45) is -0.762. The zero-order valence-electron chi connectivity index (χ0n) is 13.9. The van der Waals surface area contributed by atoms with Gasteiger partial charge in [-0.05, 0) is 37.5 Å². The molecule has 24 heavy (non-hydrogen) atoms. The zero-order valence-corrected chi connectivity index (χ0v) is 13.9. The van der Waals surface area contributed by atoms with Gasteiger partial charge < -0.3 is 15.2 Å². The van der Waals surface area contributed by atoms with Crippen molar-refractivity contribution in [2.45, 2.75) is 32.4 Å². The molecule has 5 nitrogen and oxygen atoms in total. The third kappa shape index (κ3) is 4.84. The Labute approximate surface area is 141 Å².